The number of amides is 2. The molecule has 4 nitrogen and oxygen atoms in total. The van der Waals surface area contributed by atoms with Crippen molar-refractivity contribution >= 4 is 22.4 Å². The van der Waals surface area contributed by atoms with Crippen molar-refractivity contribution in [2.45, 2.75) is 38.1 Å². The smallest absolute Gasteiger partial charge is 0.382 e. The Morgan fingerprint density at radius 1 is 1.55 bits per heavy atom. The van der Waals surface area contributed by atoms with Crippen molar-refractivity contribution in [3.8, 4) is 0 Å². The van der Waals surface area contributed by atoms with Crippen molar-refractivity contribution < 1.29 is 23.1 Å². The van der Waals surface area contributed by atoms with Crippen molar-refractivity contribution in [2.75, 3.05) is 11.9 Å². The summed E-state index contributed by atoms with van der Waals surface area (Å²) in [5.74, 6) is 0. The van der Waals surface area contributed by atoms with E-state index in [0.717, 1.165) is 9.78 Å². The number of anilines is 1. The molecule has 2 N–H and O–H groups in total. The average molecular weight is 308 g/mol. The fourth-order valence-electron chi connectivity index (χ4n) is 2.27. The molecule has 0 aliphatic carbocycles. The monoisotopic (exact) mass is 308 g/mol. The molecule has 1 aliphatic heterocycles. The van der Waals surface area contributed by atoms with Crippen LogP contribution in [0.5, 0.6) is 0 Å². The van der Waals surface area contributed by atoms with Crippen LogP contribution in [0.1, 0.15) is 17.7 Å². The number of nitrogens with one attached hydrogen (secondary N) is 1. The molecular weight excluding hydrogens is 293 g/mol. The summed E-state index contributed by atoms with van der Waals surface area (Å²) in [5.41, 5.74) is 0. The van der Waals surface area contributed by atoms with Crippen molar-refractivity contribution in [2.24, 2.45) is 0 Å². The van der Waals surface area contributed by atoms with Gasteiger partial charge in [0.25, 0.3) is 0 Å². The molecule has 2 atom stereocenters. The van der Waals surface area contributed by atoms with Crippen molar-refractivity contribution in [3.63, 3.8) is 0 Å². The maximum absolute atomic E-state index is 12.6. The number of aliphatic hydroxyl groups is 1. The van der Waals surface area contributed by atoms with E-state index in [4.69, 9.17) is 0 Å². The largest absolute Gasteiger partial charge is 0.416 e. The summed E-state index contributed by atoms with van der Waals surface area (Å²) in [6.45, 7) is 2.08. The van der Waals surface area contributed by atoms with Gasteiger partial charge in [0, 0.05) is 11.4 Å². The minimum Gasteiger partial charge on any atom is -0.382 e. The number of urea groups is 1. The fraction of sp³-hybridized carbons (Fsp3) is 0.583. The van der Waals surface area contributed by atoms with Crippen LogP contribution in [0.25, 0.3) is 0 Å². The van der Waals surface area contributed by atoms with Crippen LogP contribution >= 0.6 is 11.3 Å². The molecule has 0 spiro atoms. The third-order valence-corrected chi connectivity index (χ3v) is 4.15. The van der Waals surface area contributed by atoms with E-state index in [2.05, 4.69) is 5.32 Å². The van der Waals surface area contributed by atoms with E-state index in [9.17, 15) is 23.1 Å². The van der Waals surface area contributed by atoms with E-state index >= 15 is 0 Å². The Bertz CT molecular complexity index is 489. The van der Waals surface area contributed by atoms with Crippen LogP contribution < -0.4 is 5.32 Å². The van der Waals surface area contributed by atoms with E-state index in [1.54, 1.807) is 6.07 Å². The maximum atomic E-state index is 12.6. The van der Waals surface area contributed by atoms with Crippen LogP contribution in [0.2, 0.25) is 0 Å². The lowest BCUT2D eigenvalue weighted by atomic mass is 10.1. The third kappa shape index (κ3) is 3.24. The van der Waals surface area contributed by atoms with Crippen molar-refractivity contribution in [3.05, 3.63) is 17.0 Å². The Hall–Kier alpha value is -1.28. The number of hydrogen-bond donors (Lipinski definition) is 2. The van der Waals surface area contributed by atoms with Crippen LogP contribution in [0.3, 0.4) is 0 Å². The Kier molecular flexibility index (Phi) is 4.24. The molecule has 0 saturated carbocycles. The van der Waals surface area contributed by atoms with E-state index in [1.165, 1.54) is 11.3 Å². The Morgan fingerprint density at radius 3 is 2.80 bits per heavy atom. The predicted molar refractivity (Wildman–Crippen MR) is 69.9 cm³/mol. The molecule has 112 valence electrons. The summed E-state index contributed by atoms with van der Waals surface area (Å²) in [6.07, 6.45) is -6.61. The molecule has 1 aliphatic rings. The highest BCUT2D eigenvalue weighted by Gasteiger charge is 2.48. The van der Waals surface area contributed by atoms with Gasteiger partial charge in [-0.1, -0.05) is 0 Å². The number of carbonyl (C=O) groups is 1. The first kappa shape index (κ1) is 15.1. The van der Waals surface area contributed by atoms with Gasteiger partial charge in [-0.2, -0.15) is 13.2 Å². The molecule has 1 saturated heterocycles. The zero-order valence-corrected chi connectivity index (χ0v) is 11.6. The Balaban J connectivity index is 2.05. The molecular formula is C12H15F3N2O2S. The van der Waals surface area contributed by atoms with Crippen LogP contribution in [0.4, 0.5) is 23.0 Å². The van der Waals surface area contributed by atoms with Crippen LogP contribution in [-0.2, 0) is 0 Å². The zero-order valence-electron chi connectivity index (χ0n) is 10.8. The molecule has 1 aromatic heterocycles. The molecule has 0 bridgehead atoms. The van der Waals surface area contributed by atoms with Gasteiger partial charge >= 0.3 is 12.2 Å². The Morgan fingerprint density at radius 2 is 2.25 bits per heavy atom. The first-order valence-corrected chi connectivity index (χ1v) is 6.99. The highest BCUT2D eigenvalue weighted by Crippen LogP contribution is 2.31. The second-order valence-corrected chi connectivity index (χ2v) is 6.02. The number of thiophene rings is 1. The molecule has 2 amide bonds. The average Bonchev–Trinajstić information content (AvgIpc) is 2.95. The summed E-state index contributed by atoms with van der Waals surface area (Å²) in [6, 6.07) is 1.70. The number of alkyl halides is 3. The minimum atomic E-state index is -4.72. The second kappa shape index (κ2) is 5.61. The maximum Gasteiger partial charge on any atom is 0.416 e. The van der Waals surface area contributed by atoms with Crippen LogP contribution in [0.15, 0.2) is 12.1 Å². The summed E-state index contributed by atoms with van der Waals surface area (Å²) in [4.78, 5) is 14.1. The number of hydrogen-bond acceptors (Lipinski definition) is 3. The van der Waals surface area contributed by atoms with Gasteiger partial charge in [0.2, 0.25) is 0 Å². The molecule has 0 aromatic carbocycles. The third-order valence-electron chi connectivity index (χ3n) is 3.23. The summed E-state index contributed by atoms with van der Waals surface area (Å²) in [7, 11) is 0. The molecule has 20 heavy (non-hydrogen) atoms. The van der Waals surface area contributed by atoms with Crippen LogP contribution in [-0.4, -0.2) is 40.9 Å². The van der Waals surface area contributed by atoms with Gasteiger partial charge in [0.15, 0.2) is 6.10 Å². The van der Waals surface area contributed by atoms with Crippen molar-refractivity contribution in [1.82, 2.24) is 4.90 Å². The Labute approximate surface area is 118 Å². The standard InChI is InChI=1S/C12H15F3N2O2S/c1-7-4-5-9(20-7)16-11(19)17-6-2-3-8(17)10(18)12(13,14)15/h4-5,8,10,18H,2-3,6H2,1H3,(H,16,19). The number of carbonyl (C=O) groups excluding carboxylic acids is 1. The molecule has 8 heteroatoms. The molecule has 2 rings (SSSR count). The van der Waals surface area contributed by atoms with Gasteiger partial charge in [-0.05, 0) is 31.9 Å². The summed E-state index contributed by atoms with van der Waals surface area (Å²) in [5, 5.41) is 12.5. The zero-order chi connectivity index (χ0) is 14.9. The number of halogens is 3. The van der Waals surface area contributed by atoms with Gasteiger partial charge in [0.05, 0.1) is 11.0 Å². The quantitative estimate of drug-likeness (QED) is 0.882. The number of aliphatic hydroxyl groups excluding tert-OH is 1. The lowest BCUT2D eigenvalue weighted by Crippen LogP contribution is -2.50. The highest BCUT2D eigenvalue weighted by atomic mass is 32.1. The number of aryl methyl sites for hydroxylation is 1. The molecule has 1 fully saturated rings. The number of likely N-dealkylation sites (tertiary alicyclic amines) is 1. The first-order chi connectivity index (χ1) is 9.29. The molecule has 1 aromatic rings. The van der Waals surface area contributed by atoms with Gasteiger partial charge in [-0.15, -0.1) is 11.3 Å². The molecule has 2 unspecified atom stereocenters. The number of nitrogens with zero attached hydrogens (tertiary/aromatic N) is 1. The summed E-state index contributed by atoms with van der Waals surface area (Å²) < 4.78 is 37.7. The van der Waals surface area contributed by atoms with E-state index < -0.39 is 24.4 Å². The van der Waals surface area contributed by atoms with E-state index in [1.807, 2.05) is 13.0 Å². The molecule has 2 heterocycles. The molecule has 0 radical (unpaired) electrons. The normalized spacial score (nSPS) is 21.1. The van der Waals surface area contributed by atoms with Crippen molar-refractivity contribution in [1.29, 1.82) is 0 Å². The van der Waals surface area contributed by atoms with E-state index in [0.29, 0.717) is 11.4 Å². The van der Waals surface area contributed by atoms with Gasteiger partial charge in [-0.3, -0.25) is 5.32 Å². The fourth-order valence-corrected chi connectivity index (χ4v) is 3.03. The summed E-state index contributed by atoms with van der Waals surface area (Å²) >= 11 is 1.35. The second-order valence-electron chi connectivity index (χ2n) is 4.73. The van der Waals surface area contributed by atoms with Gasteiger partial charge < -0.3 is 10.0 Å². The topological polar surface area (TPSA) is 52.6 Å². The lowest BCUT2D eigenvalue weighted by Gasteiger charge is -2.29. The van der Waals surface area contributed by atoms with Gasteiger partial charge in [0.1, 0.15) is 0 Å². The van der Waals surface area contributed by atoms with Crippen LogP contribution in [0, 0.1) is 6.92 Å². The first-order valence-electron chi connectivity index (χ1n) is 6.18. The van der Waals surface area contributed by atoms with E-state index in [-0.39, 0.29) is 13.0 Å². The highest BCUT2D eigenvalue weighted by molar-refractivity contribution is 7.16. The lowest BCUT2D eigenvalue weighted by molar-refractivity contribution is -0.216. The predicted octanol–water partition coefficient (Wildman–Crippen LogP) is 2.98. The SMILES string of the molecule is Cc1ccc(NC(=O)N2CCCC2C(O)C(F)(F)F)s1. The number of rotatable bonds is 2. The minimum absolute atomic E-state index is 0.150. The van der Waals surface area contributed by atoms with Gasteiger partial charge in [-0.25, -0.2) is 4.79 Å².